The van der Waals surface area contributed by atoms with Crippen LogP contribution in [0.1, 0.15) is 23.2 Å². The highest BCUT2D eigenvalue weighted by atomic mass is 32.2. The van der Waals surface area contributed by atoms with Gasteiger partial charge in [0.05, 0.1) is 23.7 Å². The Bertz CT molecular complexity index is 1390. The summed E-state index contributed by atoms with van der Waals surface area (Å²) in [5.74, 6) is -0.476. The summed E-state index contributed by atoms with van der Waals surface area (Å²) in [5, 5.41) is 3.23. The van der Waals surface area contributed by atoms with Gasteiger partial charge in [-0.25, -0.2) is 8.42 Å². The lowest BCUT2D eigenvalue weighted by Gasteiger charge is -2.26. The molecule has 178 valence electrons. The summed E-state index contributed by atoms with van der Waals surface area (Å²) in [6, 6.07) is 13.2. The predicted molar refractivity (Wildman–Crippen MR) is 130 cm³/mol. The molecular formula is C24H26N4O5S. The first-order chi connectivity index (χ1) is 16.4. The standard InChI is InChI=1S/C24H26N4O5S/c29-23-16-21(24(30)25-17-4-3-5-18(14-17)27-8-1-2-9-27)20-15-19(6-7-22(20)26-23)34(31,32)28-10-12-33-13-11-28/h3-7,14-16H,1-2,8-13H2,(H,25,30)(H,26,29). The van der Waals surface area contributed by atoms with E-state index in [0.717, 1.165) is 31.6 Å². The van der Waals surface area contributed by atoms with E-state index in [9.17, 15) is 18.0 Å². The Morgan fingerprint density at radius 1 is 0.971 bits per heavy atom. The number of H-pyrrole nitrogens is 1. The minimum atomic E-state index is -3.76. The molecule has 0 spiro atoms. The van der Waals surface area contributed by atoms with Crippen LogP contribution in [-0.2, 0) is 14.8 Å². The lowest BCUT2D eigenvalue weighted by molar-refractivity contribution is 0.0730. The van der Waals surface area contributed by atoms with Crippen molar-refractivity contribution in [2.75, 3.05) is 49.6 Å². The number of rotatable bonds is 5. The fraction of sp³-hybridized carbons (Fsp3) is 0.333. The number of ether oxygens (including phenoxy) is 1. The highest BCUT2D eigenvalue weighted by Crippen LogP contribution is 2.26. The summed E-state index contributed by atoms with van der Waals surface area (Å²) in [6.07, 6.45) is 2.29. The molecule has 2 fully saturated rings. The molecule has 1 amide bonds. The van der Waals surface area contributed by atoms with E-state index in [0.29, 0.717) is 29.8 Å². The van der Waals surface area contributed by atoms with Crippen LogP contribution < -0.4 is 15.8 Å². The van der Waals surface area contributed by atoms with Crippen LogP contribution in [0.4, 0.5) is 11.4 Å². The molecule has 2 aliphatic rings. The number of amides is 1. The normalized spacial score (nSPS) is 17.2. The number of aromatic amines is 1. The second kappa shape index (κ2) is 9.21. The van der Waals surface area contributed by atoms with E-state index in [4.69, 9.17) is 4.74 Å². The number of nitrogens with zero attached hydrogens (tertiary/aromatic N) is 2. The number of sulfonamides is 1. The van der Waals surface area contributed by atoms with Gasteiger partial charge in [0.15, 0.2) is 0 Å². The predicted octanol–water partition coefficient (Wildman–Crippen LogP) is 2.40. The van der Waals surface area contributed by atoms with Crippen LogP contribution in [0.5, 0.6) is 0 Å². The molecule has 2 aliphatic heterocycles. The number of benzene rings is 2. The zero-order valence-corrected chi connectivity index (χ0v) is 19.4. The molecule has 34 heavy (non-hydrogen) atoms. The molecule has 0 saturated carbocycles. The van der Waals surface area contributed by atoms with Crippen LogP contribution in [0.15, 0.2) is 58.2 Å². The Morgan fingerprint density at radius 3 is 2.50 bits per heavy atom. The van der Waals surface area contributed by atoms with Gasteiger partial charge in [0, 0.05) is 54.5 Å². The minimum Gasteiger partial charge on any atom is -0.379 e. The van der Waals surface area contributed by atoms with Gasteiger partial charge < -0.3 is 19.9 Å². The molecule has 2 aromatic carbocycles. The summed E-state index contributed by atoms with van der Waals surface area (Å²) in [6.45, 7) is 3.18. The summed E-state index contributed by atoms with van der Waals surface area (Å²) in [4.78, 5) is 30.5. The van der Waals surface area contributed by atoms with Crippen molar-refractivity contribution < 1.29 is 17.9 Å². The van der Waals surface area contributed by atoms with Crippen molar-refractivity contribution in [3.05, 3.63) is 64.4 Å². The molecule has 10 heteroatoms. The topological polar surface area (TPSA) is 112 Å². The largest absolute Gasteiger partial charge is 0.379 e. The van der Waals surface area contributed by atoms with Gasteiger partial charge in [0.2, 0.25) is 15.6 Å². The third-order valence-corrected chi connectivity index (χ3v) is 8.14. The molecule has 0 unspecified atom stereocenters. The fourth-order valence-corrected chi connectivity index (χ4v) is 5.91. The van der Waals surface area contributed by atoms with E-state index in [-0.39, 0.29) is 23.5 Å². The lowest BCUT2D eigenvalue weighted by Crippen LogP contribution is -2.40. The van der Waals surface area contributed by atoms with Crippen LogP contribution in [-0.4, -0.2) is 63.0 Å². The monoisotopic (exact) mass is 482 g/mol. The van der Waals surface area contributed by atoms with Crippen molar-refractivity contribution in [3.8, 4) is 0 Å². The molecule has 3 heterocycles. The van der Waals surface area contributed by atoms with Crippen molar-refractivity contribution in [1.82, 2.24) is 9.29 Å². The second-order valence-electron chi connectivity index (χ2n) is 8.47. The number of pyridine rings is 1. The maximum atomic E-state index is 13.2. The molecule has 0 aliphatic carbocycles. The van der Waals surface area contributed by atoms with Crippen LogP contribution in [0, 0.1) is 0 Å². The Labute approximate surface area is 197 Å². The highest BCUT2D eigenvalue weighted by Gasteiger charge is 2.27. The number of fused-ring (bicyclic) bond motifs is 1. The molecule has 9 nitrogen and oxygen atoms in total. The highest BCUT2D eigenvalue weighted by molar-refractivity contribution is 7.89. The van der Waals surface area contributed by atoms with Gasteiger partial charge in [0.25, 0.3) is 5.91 Å². The lowest BCUT2D eigenvalue weighted by atomic mass is 10.1. The van der Waals surface area contributed by atoms with Crippen LogP contribution in [0.25, 0.3) is 10.9 Å². The zero-order valence-electron chi connectivity index (χ0n) is 18.6. The average molecular weight is 483 g/mol. The maximum absolute atomic E-state index is 13.2. The van der Waals surface area contributed by atoms with Crippen LogP contribution in [0.3, 0.4) is 0 Å². The Kier molecular flexibility index (Phi) is 6.11. The SMILES string of the molecule is O=C(Nc1cccc(N2CCCC2)c1)c1cc(=O)[nH]c2ccc(S(=O)(=O)N3CCOCC3)cc12. The van der Waals surface area contributed by atoms with Crippen LogP contribution >= 0.6 is 0 Å². The third-order valence-electron chi connectivity index (χ3n) is 6.24. The number of hydrogen-bond acceptors (Lipinski definition) is 6. The number of carbonyl (C=O) groups excluding carboxylic acids is 1. The molecule has 0 atom stereocenters. The summed E-state index contributed by atoms with van der Waals surface area (Å²) < 4.78 is 32.9. The number of carbonyl (C=O) groups is 1. The maximum Gasteiger partial charge on any atom is 0.256 e. The first-order valence-electron chi connectivity index (χ1n) is 11.3. The molecule has 0 radical (unpaired) electrons. The van der Waals surface area contributed by atoms with E-state index in [2.05, 4.69) is 15.2 Å². The van der Waals surface area contributed by atoms with Gasteiger partial charge in [-0.3, -0.25) is 9.59 Å². The van der Waals surface area contributed by atoms with Gasteiger partial charge in [0.1, 0.15) is 0 Å². The van der Waals surface area contributed by atoms with E-state index in [1.54, 1.807) is 6.07 Å². The quantitative estimate of drug-likeness (QED) is 0.578. The number of morpholine rings is 1. The van der Waals surface area contributed by atoms with Crippen molar-refractivity contribution in [2.45, 2.75) is 17.7 Å². The summed E-state index contributed by atoms with van der Waals surface area (Å²) in [7, 11) is -3.76. The van der Waals surface area contributed by atoms with Gasteiger partial charge in [-0.2, -0.15) is 4.31 Å². The number of aromatic nitrogens is 1. The zero-order chi connectivity index (χ0) is 23.7. The van der Waals surface area contributed by atoms with E-state index in [1.807, 2.05) is 18.2 Å². The molecule has 5 rings (SSSR count). The third kappa shape index (κ3) is 4.44. The van der Waals surface area contributed by atoms with E-state index in [1.165, 1.54) is 28.6 Å². The van der Waals surface area contributed by atoms with E-state index >= 15 is 0 Å². The van der Waals surface area contributed by atoms with Gasteiger partial charge in [-0.1, -0.05) is 6.07 Å². The number of nitrogens with one attached hydrogen (secondary N) is 2. The van der Waals surface area contributed by atoms with Gasteiger partial charge >= 0.3 is 0 Å². The van der Waals surface area contributed by atoms with Crippen molar-refractivity contribution in [2.24, 2.45) is 0 Å². The van der Waals surface area contributed by atoms with Gasteiger partial charge in [-0.05, 0) is 49.2 Å². The average Bonchev–Trinajstić information content (AvgIpc) is 3.39. The minimum absolute atomic E-state index is 0.0685. The number of anilines is 2. The number of hydrogen-bond donors (Lipinski definition) is 2. The fourth-order valence-electron chi connectivity index (χ4n) is 4.47. The molecule has 2 N–H and O–H groups in total. The Morgan fingerprint density at radius 2 is 1.74 bits per heavy atom. The molecule has 0 bridgehead atoms. The molecule has 2 saturated heterocycles. The summed E-state index contributed by atoms with van der Waals surface area (Å²) in [5.41, 5.74) is 1.71. The molecular weight excluding hydrogens is 456 g/mol. The van der Waals surface area contributed by atoms with Crippen LogP contribution in [0.2, 0.25) is 0 Å². The second-order valence-corrected chi connectivity index (χ2v) is 10.4. The summed E-state index contributed by atoms with van der Waals surface area (Å²) >= 11 is 0. The Hall–Kier alpha value is -3.21. The smallest absolute Gasteiger partial charge is 0.256 e. The Balaban J connectivity index is 1.49. The van der Waals surface area contributed by atoms with Crippen molar-refractivity contribution in [3.63, 3.8) is 0 Å². The van der Waals surface area contributed by atoms with Crippen molar-refractivity contribution >= 4 is 38.2 Å². The molecule has 1 aromatic heterocycles. The van der Waals surface area contributed by atoms with E-state index < -0.39 is 21.5 Å². The first-order valence-corrected chi connectivity index (χ1v) is 12.8. The van der Waals surface area contributed by atoms with Gasteiger partial charge in [-0.15, -0.1) is 0 Å². The first kappa shape index (κ1) is 22.6. The van der Waals surface area contributed by atoms with Crippen molar-refractivity contribution in [1.29, 1.82) is 0 Å². The molecule has 3 aromatic rings.